The van der Waals surface area contributed by atoms with Crippen LogP contribution in [0.3, 0.4) is 0 Å². The summed E-state index contributed by atoms with van der Waals surface area (Å²) < 4.78 is 5.57. The second kappa shape index (κ2) is 9.49. The number of ether oxygens (including phenoxy) is 1. The average molecular weight is 463 g/mol. The maximum Gasteiger partial charge on any atom is 0.407 e. The van der Waals surface area contributed by atoms with E-state index >= 15 is 0 Å². The molecular weight excluding hydrogens is 432 g/mol. The van der Waals surface area contributed by atoms with Gasteiger partial charge in [-0.1, -0.05) is 61.4 Å². The first-order chi connectivity index (χ1) is 16.5. The van der Waals surface area contributed by atoms with Crippen molar-refractivity contribution in [2.45, 2.75) is 44.1 Å². The number of hydrogen-bond donors (Lipinski definition) is 2. The lowest BCUT2D eigenvalue weighted by molar-refractivity contribution is -0.147. The number of benzene rings is 2. The standard InChI is InChI=1S/C27H30N2O5/c30-25(31)15-29(18-7-1-2-8-18)26(32)23-13-17(23)14-28-27(33)34-16-24-21-11-5-3-9-19(21)20-10-4-6-12-22(20)24/h3-6,9-12,17-18,23-24H,1-2,7-8,13-16H2,(H,28,33)(H,30,31). The molecule has 2 amide bonds. The predicted octanol–water partition coefficient (Wildman–Crippen LogP) is 4.02. The largest absolute Gasteiger partial charge is 0.480 e. The van der Waals surface area contributed by atoms with E-state index in [-0.39, 0.29) is 42.9 Å². The minimum absolute atomic E-state index is 0.00406. The molecule has 7 heteroatoms. The molecule has 3 aliphatic carbocycles. The maximum atomic E-state index is 12.9. The van der Waals surface area contributed by atoms with E-state index in [0.29, 0.717) is 13.0 Å². The third-order valence-corrected chi connectivity index (χ3v) is 7.45. The highest BCUT2D eigenvalue weighted by atomic mass is 16.5. The summed E-state index contributed by atoms with van der Waals surface area (Å²) in [7, 11) is 0. The van der Waals surface area contributed by atoms with Crippen molar-refractivity contribution < 1.29 is 24.2 Å². The highest BCUT2D eigenvalue weighted by Crippen LogP contribution is 2.44. The third-order valence-electron chi connectivity index (χ3n) is 7.45. The molecule has 178 valence electrons. The Morgan fingerprint density at radius 3 is 2.21 bits per heavy atom. The normalized spacial score (nSPS) is 20.9. The van der Waals surface area contributed by atoms with Crippen molar-refractivity contribution in [3.05, 3.63) is 59.7 Å². The SMILES string of the molecule is O=C(O)CN(C(=O)C1CC1CNC(=O)OCC1c2ccccc2-c2ccccc21)C1CCCC1. The van der Waals surface area contributed by atoms with Crippen molar-refractivity contribution in [1.82, 2.24) is 10.2 Å². The van der Waals surface area contributed by atoms with Gasteiger partial charge in [0.15, 0.2) is 0 Å². The second-order valence-electron chi connectivity index (χ2n) is 9.61. The monoisotopic (exact) mass is 462 g/mol. The highest BCUT2D eigenvalue weighted by molar-refractivity contribution is 5.85. The zero-order chi connectivity index (χ0) is 23.7. The Hall–Kier alpha value is -3.35. The molecule has 2 aromatic carbocycles. The molecule has 0 spiro atoms. The maximum absolute atomic E-state index is 12.9. The molecule has 0 heterocycles. The van der Waals surface area contributed by atoms with E-state index in [1.165, 1.54) is 11.1 Å². The molecule has 0 bridgehead atoms. The van der Waals surface area contributed by atoms with Crippen LogP contribution in [0.2, 0.25) is 0 Å². The summed E-state index contributed by atoms with van der Waals surface area (Å²) in [6.45, 7) is 0.367. The minimum Gasteiger partial charge on any atom is -0.480 e. The lowest BCUT2D eigenvalue weighted by Gasteiger charge is -2.27. The van der Waals surface area contributed by atoms with E-state index in [1.807, 2.05) is 24.3 Å². The van der Waals surface area contributed by atoms with Crippen molar-refractivity contribution in [2.24, 2.45) is 11.8 Å². The molecule has 2 saturated carbocycles. The van der Waals surface area contributed by atoms with Crippen LogP contribution in [0.5, 0.6) is 0 Å². The molecule has 2 fully saturated rings. The lowest BCUT2D eigenvalue weighted by atomic mass is 9.98. The zero-order valence-electron chi connectivity index (χ0n) is 19.1. The van der Waals surface area contributed by atoms with E-state index in [0.717, 1.165) is 36.8 Å². The van der Waals surface area contributed by atoms with E-state index in [4.69, 9.17) is 4.74 Å². The van der Waals surface area contributed by atoms with Gasteiger partial charge in [-0.15, -0.1) is 0 Å². The molecular formula is C27H30N2O5. The van der Waals surface area contributed by atoms with Gasteiger partial charge in [0.05, 0.1) is 0 Å². The predicted molar refractivity (Wildman–Crippen MR) is 126 cm³/mol. The number of hydrogen-bond acceptors (Lipinski definition) is 4. The number of rotatable bonds is 8. The molecule has 0 saturated heterocycles. The first-order valence-electron chi connectivity index (χ1n) is 12.1. The molecule has 0 aliphatic heterocycles. The first kappa shape index (κ1) is 22.4. The van der Waals surface area contributed by atoms with E-state index in [2.05, 4.69) is 29.6 Å². The van der Waals surface area contributed by atoms with Crippen molar-refractivity contribution in [3.63, 3.8) is 0 Å². The van der Waals surface area contributed by atoms with Crippen LogP contribution in [0, 0.1) is 11.8 Å². The summed E-state index contributed by atoms with van der Waals surface area (Å²) in [6, 6.07) is 16.4. The van der Waals surface area contributed by atoms with E-state index in [9.17, 15) is 19.5 Å². The number of amides is 2. The van der Waals surface area contributed by atoms with Crippen LogP contribution in [0.25, 0.3) is 11.1 Å². The molecule has 0 aromatic heterocycles. The van der Waals surface area contributed by atoms with Gasteiger partial charge in [0.1, 0.15) is 13.2 Å². The fourth-order valence-electron chi connectivity index (χ4n) is 5.60. The molecule has 0 radical (unpaired) electrons. The summed E-state index contributed by atoms with van der Waals surface area (Å²) in [6.07, 6.45) is 3.99. The van der Waals surface area contributed by atoms with Crippen LogP contribution in [-0.2, 0) is 14.3 Å². The number of nitrogens with one attached hydrogen (secondary N) is 1. The fourth-order valence-corrected chi connectivity index (χ4v) is 5.60. The van der Waals surface area contributed by atoms with Gasteiger partial charge in [-0.3, -0.25) is 9.59 Å². The number of carboxylic acids is 1. The summed E-state index contributed by atoms with van der Waals surface area (Å²) in [5.41, 5.74) is 4.68. The van der Waals surface area contributed by atoms with Crippen LogP contribution in [0.15, 0.2) is 48.5 Å². The lowest BCUT2D eigenvalue weighted by Crippen LogP contribution is -2.43. The van der Waals surface area contributed by atoms with Gasteiger partial charge in [0, 0.05) is 24.4 Å². The highest BCUT2D eigenvalue weighted by Gasteiger charge is 2.46. The van der Waals surface area contributed by atoms with Crippen LogP contribution < -0.4 is 5.32 Å². The van der Waals surface area contributed by atoms with E-state index < -0.39 is 12.1 Å². The van der Waals surface area contributed by atoms with E-state index in [1.54, 1.807) is 4.90 Å². The van der Waals surface area contributed by atoms with Gasteiger partial charge >= 0.3 is 12.1 Å². The van der Waals surface area contributed by atoms with Gasteiger partial charge in [-0.25, -0.2) is 4.79 Å². The average Bonchev–Trinajstić information content (AvgIpc) is 3.27. The van der Waals surface area contributed by atoms with Gasteiger partial charge in [0.25, 0.3) is 0 Å². The van der Waals surface area contributed by atoms with Gasteiger partial charge in [0.2, 0.25) is 5.91 Å². The van der Waals surface area contributed by atoms with Crippen LogP contribution in [-0.4, -0.2) is 53.7 Å². The topological polar surface area (TPSA) is 95.9 Å². The molecule has 7 nitrogen and oxygen atoms in total. The Kier molecular flexibility index (Phi) is 6.26. The molecule has 2 unspecified atom stereocenters. The smallest absolute Gasteiger partial charge is 0.407 e. The molecule has 2 aromatic rings. The number of carboxylic acid groups (broad SMARTS) is 1. The molecule has 3 aliphatic rings. The summed E-state index contributed by atoms with van der Waals surface area (Å²) in [5, 5.41) is 12.0. The van der Waals surface area contributed by atoms with Gasteiger partial charge in [-0.2, -0.15) is 0 Å². The second-order valence-corrected chi connectivity index (χ2v) is 9.61. The summed E-state index contributed by atoms with van der Waals surface area (Å²) in [5.74, 6) is -1.24. The quantitative estimate of drug-likeness (QED) is 0.618. The third kappa shape index (κ3) is 4.52. The number of carbonyl (C=O) groups is 3. The number of fused-ring (bicyclic) bond motifs is 3. The Balaban J connectivity index is 1.12. The van der Waals surface area contributed by atoms with Crippen molar-refractivity contribution in [3.8, 4) is 11.1 Å². The minimum atomic E-state index is -0.978. The van der Waals surface area contributed by atoms with Crippen molar-refractivity contribution in [1.29, 1.82) is 0 Å². The Morgan fingerprint density at radius 2 is 1.59 bits per heavy atom. The molecule has 2 atom stereocenters. The number of nitrogens with zero attached hydrogens (tertiary/aromatic N) is 1. The number of alkyl carbamates (subject to hydrolysis) is 1. The molecule has 2 N–H and O–H groups in total. The van der Waals surface area contributed by atoms with Gasteiger partial charge in [-0.05, 0) is 47.4 Å². The van der Waals surface area contributed by atoms with Crippen molar-refractivity contribution in [2.75, 3.05) is 19.7 Å². The van der Waals surface area contributed by atoms with Crippen LogP contribution >= 0.6 is 0 Å². The Bertz CT molecular complexity index is 1050. The molecule has 5 rings (SSSR count). The van der Waals surface area contributed by atoms with Gasteiger partial charge < -0.3 is 20.1 Å². The van der Waals surface area contributed by atoms with Crippen molar-refractivity contribution >= 4 is 18.0 Å². The van der Waals surface area contributed by atoms with Crippen LogP contribution in [0.4, 0.5) is 4.79 Å². The Labute approximate surface area is 199 Å². The molecule has 34 heavy (non-hydrogen) atoms. The summed E-state index contributed by atoms with van der Waals surface area (Å²) >= 11 is 0. The number of aliphatic carboxylic acids is 1. The first-order valence-corrected chi connectivity index (χ1v) is 12.1. The fraction of sp³-hybridized carbons (Fsp3) is 0.444. The zero-order valence-corrected chi connectivity index (χ0v) is 19.1. The summed E-state index contributed by atoms with van der Waals surface area (Å²) in [4.78, 5) is 38.2. The Morgan fingerprint density at radius 1 is 0.971 bits per heavy atom. The van der Waals surface area contributed by atoms with Crippen LogP contribution in [0.1, 0.15) is 49.1 Å². The number of carbonyl (C=O) groups excluding carboxylic acids is 2.